The number of carbonyl (C=O) groups is 1. The van der Waals surface area contributed by atoms with Crippen LogP contribution in [0.1, 0.15) is 10.6 Å². The maximum absolute atomic E-state index is 12.0. The summed E-state index contributed by atoms with van der Waals surface area (Å²) < 4.78 is 7.25. The first kappa shape index (κ1) is 14.6. The van der Waals surface area contributed by atoms with Gasteiger partial charge in [-0.2, -0.15) is 4.57 Å². The topological polar surface area (TPSA) is 33.4 Å². The average molecular weight is 321 g/mol. The van der Waals surface area contributed by atoms with E-state index in [2.05, 4.69) is 13.8 Å². The zero-order valence-corrected chi connectivity index (χ0v) is 12.5. The lowest BCUT2D eigenvalue weighted by atomic mass is 10.3. The van der Waals surface area contributed by atoms with Gasteiger partial charge in [0.1, 0.15) is 0 Å². The van der Waals surface area contributed by atoms with Crippen LogP contribution < -0.4 is 21.5 Å². The number of rotatable bonds is 2. The van der Waals surface area contributed by atoms with Crippen molar-refractivity contribution in [2.24, 2.45) is 0 Å². The van der Waals surface area contributed by atoms with Crippen molar-refractivity contribution in [2.45, 2.75) is 20.4 Å². The third-order valence-electron chi connectivity index (χ3n) is 2.97. The number of halogens is 1. The van der Waals surface area contributed by atoms with Crippen molar-refractivity contribution in [3.63, 3.8) is 0 Å². The molecule has 1 aliphatic heterocycles. The van der Waals surface area contributed by atoms with Crippen LogP contribution >= 0.6 is 11.3 Å². The van der Waals surface area contributed by atoms with Crippen LogP contribution in [0.25, 0.3) is 0 Å². The van der Waals surface area contributed by atoms with Crippen molar-refractivity contribution in [3.05, 3.63) is 16.1 Å². The molecular formula is C11H17BrN2O2S. The number of thiazole rings is 1. The number of aryl methyl sites for hydroxylation is 1. The second-order valence-corrected chi connectivity index (χ2v) is 5.04. The van der Waals surface area contributed by atoms with E-state index in [1.54, 1.807) is 11.3 Å². The summed E-state index contributed by atoms with van der Waals surface area (Å²) in [7, 11) is 0. The molecule has 0 aliphatic carbocycles. The van der Waals surface area contributed by atoms with Gasteiger partial charge in [0.05, 0.1) is 18.1 Å². The van der Waals surface area contributed by atoms with Gasteiger partial charge < -0.3 is 26.6 Å². The molecule has 1 saturated heterocycles. The van der Waals surface area contributed by atoms with E-state index in [1.807, 2.05) is 15.0 Å². The number of nitrogens with zero attached hydrogens (tertiary/aromatic N) is 2. The molecule has 2 rings (SSSR count). The Morgan fingerprint density at radius 1 is 1.47 bits per heavy atom. The number of hydrogen-bond acceptors (Lipinski definition) is 3. The summed E-state index contributed by atoms with van der Waals surface area (Å²) in [5.74, 6) is 0.189. The van der Waals surface area contributed by atoms with Gasteiger partial charge in [0.2, 0.25) is 12.1 Å². The van der Waals surface area contributed by atoms with Crippen molar-refractivity contribution in [1.29, 1.82) is 0 Å². The molecule has 0 N–H and O–H groups in total. The van der Waals surface area contributed by atoms with Gasteiger partial charge in [0.15, 0.2) is 5.69 Å². The first-order chi connectivity index (χ1) is 7.68. The lowest BCUT2D eigenvalue weighted by Gasteiger charge is -2.25. The summed E-state index contributed by atoms with van der Waals surface area (Å²) >= 11 is 1.69. The van der Waals surface area contributed by atoms with Crippen LogP contribution in [0.3, 0.4) is 0 Å². The molecule has 0 aromatic carbocycles. The van der Waals surface area contributed by atoms with Crippen LogP contribution in [0, 0.1) is 13.8 Å². The smallest absolute Gasteiger partial charge is 0.288 e. The number of morpholine rings is 1. The molecule has 0 bridgehead atoms. The molecule has 1 aromatic rings. The highest BCUT2D eigenvalue weighted by Gasteiger charge is 2.22. The molecule has 1 aliphatic rings. The summed E-state index contributed by atoms with van der Waals surface area (Å²) in [4.78, 5) is 15.1. The van der Waals surface area contributed by atoms with Crippen molar-refractivity contribution < 1.29 is 31.1 Å². The maximum Gasteiger partial charge on any atom is 0.288 e. The van der Waals surface area contributed by atoms with Gasteiger partial charge in [-0.15, -0.1) is 0 Å². The Morgan fingerprint density at radius 2 is 2.12 bits per heavy atom. The minimum absolute atomic E-state index is 0. The molecule has 96 valence electrons. The molecule has 17 heavy (non-hydrogen) atoms. The molecule has 0 saturated carbocycles. The SMILES string of the molecule is Cc1sc[n+](CC(=O)N2CCOCC2)c1C.[Br-]. The zero-order chi connectivity index (χ0) is 11.5. The van der Waals surface area contributed by atoms with Gasteiger partial charge in [-0.3, -0.25) is 4.79 Å². The van der Waals surface area contributed by atoms with Crippen LogP contribution in [-0.2, 0) is 16.1 Å². The van der Waals surface area contributed by atoms with Crippen LogP contribution in [0.5, 0.6) is 0 Å². The number of aromatic nitrogens is 1. The predicted molar refractivity (Wildman–Crippen MR) is 61.4 cm³/mol. The molecule has 0 spiro atoms. The largest absolute Gasteiger partial charge is 1.00 e. The molecule has 1 amide bonds. The van der Waals surface area contributed by atoms with Crippen LogP contribution in [0.15, 0.2) is 5.51 Å². The Balaban J connectivity index is 0.00000144. The monoisotopic (exact) mass is 320 g/mol. The average Bonchev–Trinajstić information content (AvgIpc) is 2.62. The Morgan fingerprint density at radius 3 is 2.65 bits per heavy atom. The third-order valence-corrected chi connectivity index (χ3v) is 3.98. The molecule has 0 atom stereocenters. The van der Waals surface area contributed by atoms with Gasteiger partial charge in [-0.25, -0.2) is 0 Å². The molecule has 0 radical (unpaired) electrons. The van der Waals surface area contributed by atoms with Gasteiger partial charge >= 0.3 is 0 Å². The summed E-state index contributed by atoms with van der Waals surface area (Å²) in [5, 5.41) is 0. The quantitative estimate of drug-likeness (QED) is 0.565. The number of carbonyl (C=O) groups excluding carboxylic acids is 1. The van der Waals surface area contributed by atoms with E-state index < -0.39 is 0 Å². The van der Waals surface area contributed by atoms with Crippen LogP contribution in [0.2, 0.25) is 0 Å². The first-order valence-corrected chi connectivity index (χ1v) is 6.36. The summed E-state index contributed by atoms with van der Waals surface area (Å²) in [6, 6.07) is 0. The molecule has 2 heterocycles. The van der Waals surface area contributed by atoms with Crippen molar-refractivity contribution >= 4 is 17.2 Å². The molecule has 4 nitrogen and oxygen atoms in total. The van der Waals surface area contributed by atoms with E-state index in [1.165, 1.54) is 10.6 Å². The Hall–Kier alpha value is -0.460. The molecular weight excluding hydrogens is 304 g/mol. The molecule has 1 aromatic heterocycles. The fraction of sp³-hybridized carbons (Fsp3) is 0.636. The van der Waals surface area contributed by atoms with E-state index in [4.69, 9.17) is 4.74 Å². The highest BCUT2D eigenvalue weighted by molar-refractivity contribution is 7.09. The maximum atomic E-state index is 12.0. The fourth-order valence-corrected chi connectivity index (χ4v) is 2.53. The van der Waals surface area contributed by atoms with E-state index in [9.17, 15) is 4.79 Å². The number of amides is 1. The van der Waals surface area contributed by atoms with Gasteiger partial charge in [0, 0.05) is 20.0 Å². The zero-order valence-electron chi connectivity index (χ0n) is 10.1. The molecule has 6 heteroatoms. The number of ether oxygens (including phenoxy) is 1. The van der Waals surface area contributed by atoms with Gasteiger partial charge in [0.25, 0.3) is 5.91 Å². The van der Waals surface area contributed by atoms with Crippen molar-refractivity contribution in [1.82, 2.24) is 4.90 Å². The highest BCUT2D eigenvalue weighted by atomic mass is 79.9. The fourth-order valence-electron chi connectivity index (χ4n) is 1.72. The van der Waals surface area contributed by atoms with Gasteiger partial charge in [-0.05, 0) is 6.92 Å². The summed E-state index contributed by atoms with van der Waals surface area (Å²) in [6.07, 6.45) is 0. The van der Waals surface area contributed by atoms with Crippen LogP contribution in [-0.4, -0.2) is 37.1 Å². The standard InChI is InChI=1S/C11H17N2O2S.BrH/c1-9-10(2)16-8-13(9)7-11(14)12-3-5-15-6-4-12;/h8H,3-7H2,1-2H3;1H/q+1;/p-1. The predicted octanol–water partition coefficient (Wildman–Crippen LogP) is -2.48. The van der Waals surface area contributed by atoms with E-state index in [0.717, 1.165) is 13.1 Å². The van der Waals surface area contributed by atoms with E-state index in [0.29, 0.717) is 19.8 Å². The second-order valence-electron chi connectivity index (χ2n) is 3.99. The third kappa shape index (κ3) is 3.50. The van der Waals surface area contributed by atoms with Crippen LogP contribution in [0.4, 0.5) is 0 Å². The lowest BCUT2D eigenvalue weighted by molar-refractivity contribution is -0.686. The summed E-state index contributed by atoms with van der Waals surface area (Å²) in [6.45, 7) is 7.36. The minimum atomic E-state index is 0. The Labute approximate surface area is 116 Å². The lowest BCUT2D eigenvalue weighted by Crippen LogP contribution is -3.00. The normalized spacial score (nSPS) is 15.5. The van der Waals surface area contributed by atoms with Gasteiger partial charge in [-0.1, -0.05) is 11.3 Å². The Bertz CT molecular complexity index is 389. The number of hydrogen-bond donors (Lipinski definition) is 0. The summed E-state index contributed by atoms with van der Waals surface area (Å²) in [5.41, 5.74) is 3.20. The van der Waals surface area contributed by atoms with E-state index >= 15 is 0 Å². The second kappa shape index (κ2) is 6.47. The van der Waals surface area contributed by atoms with Crippen molar-refractivity contribution in [3.8, 4) is 0 Å². The minimum Gasteiger partial charge on any atom is -1.00 e. The first-order valence-electron chi connectivity index (χ1n) is 5.48. The van der Waals surface area contributed by atoms with Crippen molar-refractivity contribution in [2.75, 3.05) is 26.3 Å². The molecule has 0 unspecified atom stereocenters. The highest BCUT2D eigenvalue weighted by Crippen LogP contribution is 2.08. The molecule has 1 fully saturated rings. The van der Waals surface area contributed by atoms with E-state index in [-0.39, 0.29) is 22.9 Å². The Kier molecular flexibility index (Phi) is 5.55.